The third kappa shape index (κ3) is 37.9. The summed E-state index contributed by atoms with van der Waals surface area (Å²) in [4.78, 5) is 40.2. The molecule has 0 spiro atoms. The monoisotopic (exact) mass is 1150 g/mol. The van der Waals surface area contributed by atoms with Gasteiger partial charge in [-0.3, -0.25) is 14.6 Å². The van der Waals surface area contributed by atoms with Gasteiger partial charge in [-0.2, -0.15) is 0 Å². The number of Topliss-reactive ketones (excluding diaryl/α,β-unsaturated/α-hetero) is 3. The first-order valence-electron chi connectivity index (χ1n) is 32.8. The van der Waals surface area contributed by atoms with Crippen molar-refractivity contribution in [1.29, 1.82) is 0 Å². The van der Waals surface area contributed by atoms with Crippen LogP contribution in [0.4, 0.5) is 15.8 Å². The Hall–Kier alpha value is -4.92. The molecule has 2 aromatic carbocycles. The number of carbonyl (C=O) groups excluding carboxylic acids is 3. The lowest BCUT2D eigenvalue weighted by molar-refractivity contribution is -0.497. The van der Waals surface area contributed by atoms with Crippen LogP contribution in [0, 0.1) is 51.3 Å². The standard InChI is InChI=1S/C16H21N2O2.C13H18N2.C10H18O2.C10H22.C8H9F.C8H18.C5H10.C4H10/c1-10-8-13(12(3)19)9-14(17-10)16-11(2)18(4)7-6-15(16)20-5;1-4-5-6-13-14-11-8-7-10(2)9-12(11)15(13)3;1-4-8(2)10(12)7-5-6-9(3)11;1-4-6-7-9-10(3)8-5-2;1-6-3-7(2)5-8(9)4-6;1-4-6-7-8(3)5-2;1-2-4-5-3-1;1-3-4-2/h8-9H,6-7H2,1-5H3;6-9,14H,4-5H2,1-3H3;8H,4-7H2,1-3H3;10H,4-9H2,1-3H3;3-5H,1-2H3;8H,4-7H2,1-3H3;1-5H2;3-4H2,1-2H3/q+1;;;;;;;/b;13-6-;;;;;;/t;;8-;;;;;/m..1...../s1. The molecular weight excluding hydrogens is 1030 g/mol. The highest BCUT2D eigenvalue weighted by atomic mass is 19.1. The molecule has 3 aromatic rings. The van der Waals surface area contributed by atoms with Gasteiger partial charge < -0.3 is 19.7 Å². The quantitative estimate of drug-likeness (QED) is 0.0609. The topological polar surface area (TPSA) is 91.6 Å². The second-order valence-corrected chi connectivity index (χ2v) is 23.7. The number of fused-ring (bicyclic) bond motifs is 1. The number of methoxy groups -OCH3 is 1. The predicted molar refractivity (Wildman–Crippen MR) is 361 cm³/mol. The number of aromatic nitrogens is 1. The summed E-state index contributed by atoms with van der Waals surface area (Å²) in [6.45, 7) is 38.2. The Balaban J connectivity index is 0. The normalized spacial score (nSPS) is 14.4. The first kappa shape index (κ1) is 80.1. The van der Waals surface area contributed by atoms with E-state index in [1.165, 1.54) is 150 Å². The first-order chi connectivity index (χ1) is 39.4. The van der Waals surface area contributed by atoms with E-state index in [0.29, 0.717) is 24.2 Å². The highest BCUT2D eigenvalue weighted by Crippen LogP contribution is 2.36. The number of hydrogen-bond donors (Lipinski definition) is 1. The Morgan fingerprint density at radius 3 is 1.76 bits per heavy atom. The molecule has 0 bridgehead atoms. The van der Waals surface area contributed by atoms with Crippen LogP contribution < -0.4 is 10.2 Å². The molecule has 3 aliphatic rings. The van der Waals surface area contributed by atoms with E-state index in [4.69, 9.17) is 4.74 Å². The number of rotatable bonds is 22. The van der Waals surface area contributed by atoms with Crippen molar-refractivity contribution in [2.24, 2.45) is 17.8 Å². The molecule has 1 saturated carbocycles. The average Bonchev–Trinajstić information content (AvgIpc) is 4.40. The molecule has 3 heterocycles. The minimum atomic E-state index is -0.146. The van der Waals surface area contributed by atoms with Gasteiger partial charge in [-0.1, -0.05) is 204 Å². The van der Waals surface area contributed by atoms with Crippen LogP contribution in [-0.4, -0.2) is 60.4 Å². The summed E-state index contributed by atoms with van der Waals surface area (Å²) in [5.41, 5.74) is 10.2. The smallest absolute Gasteiger partial charge is 0.185 e. The van der Waals surface area contributed by atoms with Gasteiger partial charge >= 0.3 is 0 Å². The Morgan fingerprint density at radius 1 is 0.687 bits per heavy atom. The summed E-state index contributed by atoms with van der Waals surface area (Å²) in [6, 6.07) is 15.2. The summed E-state index contributed by atoms with van der Waals surface area (Å²) in [6.07, 6.45) is 32.3. The second kappa shape index (κ2) is 49.4. The average molecular weight is 1150 g/mol. The Morgan fingerprint density at radius 2 is 1.28 bits per heavy atom. The number of halogens is 1. The van der Waals surface area contributed by atoms with E-state index in [9.17, 15) is 18.8 Å². The van der Waals surface area contributed by atoms with Gasteiger partial charge in [-0.15, -0.1) is 0 Å². The van der Waals surface area contributed by atoms with Crippen molar-refractivity contribution < 1.29 is 28.1 Å². The van der Waals surface area contributed by atoms with Crippen LogP contribution >= 0.6 is 0 Å². The number of allylic oxidation sites excluding steroid dienone is 2. The van der Waals surface area contributed by atoms with E-state index in [1.807, 2.05) is 52.8 Å². The number of benzene rings is 2. The summed E-state index contributed by atoms with van der Waals surface area (Å²) >= 11 is 0. The van der Waals surface area contributed by atoms with Crippen LogP contribution in [-0.2, 0) is 14.3 Å². The summed E-state index contributed by atoms with van der Waals surface area (Å²) in [7, 11) is 5.86. The minimum absolute atomic E-state index is 0.0538. The van der Waals surface area contributed by atoms with Crippen LogP contribution in [0.1, 0.15) is 289 Å². The molecule has 1 fully saturated rings. The Labute approximate surface area is 510 Å². The number of ketones is 3. The largest absolute Gasteiger partial charge is 0.500 e. The number of unbranched alkanes of at least 4 members (excludes halogenated alkanes) is 5. The lowest BCUT2D eigenvalue weighted by atomic mass is 9.98. The third-order valence-electron chi connectivity index (χ3n) is 15.4. The van der Waals surface area contributed by atoms with Crippen molar-refractivity contribution >= 4 is 40.0 Å². The molecule has 2 aliphatic heterocycles. The first-order valence-corrected chi connectivity index (χ1v) is 32.8. The fourth-order valence-electron chi connectivity index (χ4n) is 9.26. The highest BCUT2D eigenvalue weighted by Gasteiger charge is 2.27. The maximum atomic E-state index is 12.4. The molecule has 1 aromatic heterocycles. The summed E-state index contributed by atoms with van der Waals surface area (Å²) in [5.74, 6) is 4.60. The molecule has 472 valence electrons. The molecule has 0 radical (unpaired) electrons. The summed E-state index contributed by atoms with van der Waals surface area (Å²) < 4.78 is 20.1. The van der Waals surface area contributed by atoms with Crippen LogP contribution in [0.15, 0.2) is 66.2 Å². The van der Waals surface area contributed by atoms with E-state index in [1.54, 1.807) is 21.0 Å². The minimum Gasteiger partial charge on any atom is -0.500 e. The van der Waals surface area contributed by atoms with Crippen LogP contribution in [0.25, 0.3) is 5.57 Å². The van der Waals surface area contributed by atoms with E-state index in [-0.39, 0.29) is 23.3 Å². The zero-order valence-electron chi connectivity index (χ0n) is 57.5. The number of pyridine rings is 1. The molecule has 2 unspecified atom stereocenters. The molecule has 0 amide bonds. The van der Waals surface area contributed by atoms with E-state index in [2.05, 4.69) is 134 Å². The zero-order valence-corrected chi connectivity index (χ0v) is 57.5. The predicted octanol–water partition coefficient (Wildman–Crippen LogP) is 21.7. The van der Waals surface area contributed by atoms with Crippen molar-refractivity contribution in [2.75, 3.05) is 38.0 Å². The second-order valence-electron chi connectivity index (χ2n) is 23.7. The number of nitrogens with one attached hydrogen (secondary N) is 1. The van der Waals surface area contributed by atoms with Gasteiger partial charge in [-0.05, 0) is 132 Å². The van der Waals surface area contributed by atoms with Crippen molar-refractivity contribution in [2.45, 2.75) is 279 Å². The van der Waals surface area contributed by atoms with E-state index in [0.717, 1.165) is 83.6 Å². The number of carbonyl (C=O) groups is 3. The maximum Gasteiger partial charge on any atom is 0.185 e. The zero-order chi connectivity index (χ0) is 63.3. The van der Waals surface area contributed by atoms with E-state index >= 15 is 0 Å². The molecule has 9 heteroatoms. The van der Waals surface area contributed by atoms with Gasteiger partial charge in [-0.25, -0.2) is 8.97 Å². The molecule has 1 N–H and O–H groups in total. The van der Waals surface area contributed by atoms with Crippen molar-refractivity contribution in [3.8, 4) is 0 Å². The molecule has 6 rings (SSSR count). The highest BCUT2D eigenvalue weighted by molar-refractivity contribution is 6.20. The van der Waals surface area contributed by atoms with Crippen molar-refractivity contribution in [3.63, 3.8) is 0 Å². The lowest BCUT2D eigenvalue weighted by Gasteiger charge is -2.18. The molecule has 1 aliphatic carbocycles. The van der Waals surface area contributed by atoms with Crippen molar-refractivity contribution in [3.05, 3.63) is 106 Å². The number of aryl methyl sites for hydroxylation is 4. The molecular formula is C74H126FN4O4+. The number of ether oxygens (including phenoxy) is 1. The Kier molecular flexibility index (Phi) is 47.7. The van der Waals surface area contributed by atoms with Gasteiger partial charge in [0.05, 0.1) is 30.6 Å². The molecule has 8 nitrogen and oxygen atoms in total. The van der Waals surface area contributed by atoms with Gasteiger partial charge in [0.1, 0.15) is 48.1 Å². The number of nitrogens with zero attached hydrogens (tertiary/aromatic N) is 3. The molecule has 3 atom stereocenters. The third-order valence-corrected chi connectivity index (χ3v) is 15.4. The van der Waals surface area contributed by atoms with Crippen LogP contribution in [0.2, 0.25) is 0 Å². The Bertz CT molecular complexity index is 2270. The fraction of sp³-hybridized carbons (Fsp3) is 0.662. The fourth-order valence-corrected chi connectivity index (χ4v) is 9.26. The molecule has 0 saturated heterocycles. The van der Waals surface area contributed by atoms with Gasteiger partial charge in [0.2, 0.25) is 0 Å². The maximum absolute atomic E-state index is 12.4. The van der Waals surface area contributed by atoms with Crippen LogP contribution in [0.5, 0.6) is 0 Å². The number of anilines is 2. The van der Waals surface area contributed by atoms with Crippen molar-refractivity contribution in [1.82, 2.24) is 4.98 Å². The van der Waals surface area contributed by atoms with Gasteiger partial charge in [0.15, 0.2) is 11.5 Å². The summed E-state index contributed by atoms with van der Waals surface area (Å²) in [5, 5.41) is 3.43. The van der Waals surface area contributed by atoms with E-state index < -0.39 is 0 Å². The van der Waals surface area contributed by atoms with Gasteiger partial charge in [0.25, 0.3) is 0 Å². The number of hydrogen-bond acceptors (Lipinski definition) is 7. The van der Waals surface area contributed by atoms with Gasteiger partial charge in [0, 0.05) is 44.0 Å². The lowest BCUT2D eigenvalue weighted by Crippen LogP contribution is -2.25. The van der Waals surface area contributed by atoms with Crippen LogP contribution in [0.3, 0.4) is 0 Å². The SMILES string of the molecule is C1CCCC1.CCC/C=C1/Nc2ccc(C)cc2N1C.CCCC.CCCCC(C)CC.CCCCCC(C)CCC.CC[C@@H](C)C(=O)CCCC(C)=O.COC1=C(c2cc(C(C)=O)cc(C)n2)C(C)=[N+](C)CC1.Cc1cc(C)cc(F)c1. The molecule has 83 heavy (non-hydrogen) atoms.